The summed E-state index contributed by atoms with van der Waals surface area (Å²) in [5.74, 6) is 0.546. The monoisotopic (exact) mass is 510 g/mol. The number of carbonyl (C=O) groups is 1. The average Bonchev–Trinajstić information content (AvgIpc) is 2.79. The van der Waals surface area contributed by atoms with Crippen LogP contribution >= 0.6 is 27.5 Å². The summed E-state index contributed by atoms with van der Waals surface area (Å²) >= 11 is 9.45. The van der Waals surface area contributed by atoms with Crippen molar-refractivity contribution in [1.29, 1.82) is 5.26 Å². The molecule has 3 aromatic carbocycles. The number of hydrogen-bond acceptors (Lipinski definition) is 4. The summed E-state index contributed by atoms with van der Waals surface area (Å²) in [4.78, 5) is 12.5. The van der Waals surface area contributed by atoms with Crippen LogP contribution in [0.5, 0.6) is 11.5 Å². The lowest BCUT2D eigenvalue weighted by atomic mass is 10.1. The fourth-order valence-electron chi connectivity index (χ4n) is 2.85. The van der Waals surface area contributed by atoms with E-state index in [1.165, 1.54) is 6.08 Å². The zero-order valence-electron chi connectivity index (χ0n) is 17.3. The predicted octanol–water partition coefficient (Wildman–Crippen LogP) is 6.63. The van der Waals surface area contributed by atoms with E-state index >= 15 is 0 Å². The Kier molecular flexibility index (Phi) is 8.32. The van der Waals surface area contributed by atoms with Gasteiger partial charge in [-0.05, 0) is 76.5 Å². The molecular weight excluding hydrogens is 492 g/mol. The summed E-state index contributed by atoms with van der Waals surface area (Å²) in [6.45, 7) is 2.62. The lowest BCUT2D eigenvalue weighted by Gasteiger charge is -2.15. The van der Waals surface area contributed by atoms with Crippen LogP contribution in [0.3, 0.4) is 0 Å². The Hall–Kier alpha value is -3.27. The van der Waals surface area contributed by atoms with Gasteiger partial charge >= 0.3 is 0 Å². The first kappa shape index (κ1) is 23.4. The maximum Gasteiger partial charge on any atom is 0.266 e. The highest BCUT2D eigenvalue weighted by Gasteiger charge is 2.15. The minimum atomic E-state index is -0.490. The molecule has 1 amide bonds. The molecule has 0 saturated heterocycles. The summed E-state index contributed by atoms with van der Waals surface area (Å²) in [6.07, 6.45) is 1.51. The largest absolute Gasteiger partial charge is 0.490 e. The zero-order valence-corrected chi connectivity index (χ0v) is 19.6. The second-order valence-corrected chi connectivity index (χ2v) is 7.96. The number of ether oxygens (including phenoxy) is 2. The number of nitrogens with one attached hydrogen (secondary N) is 1. The van der Waals surface area contributed by atoms with Crippen molar-refractivity contribution < 1.29 is 14.3 Å². The summed E-state index contributed by atoms with van der Waals surface area (Å²) < 4.78 is 12.4. The van der Waals surface area contributed by atoms with Gasteiger partial charge in [-0.1, -0.05) is 41.9 Å². The summed E-state index contributed by atoms with van der Waals surface area (Å²) in [5, 5.41) is 12.9. The van der Waals surface area contributed by atoms with Gasteiger partial charge in [-0.3, -0.25) is 4.79 Å². The molecule has 0 saturated carbocycles. The fourth-order valence-corrected chi connectivity index (χ4v) is 3.55. The Morgan fingerprint density at radius 1 is 1.12 bits per heavy atom. The third-order valence-electron chi connectivity index (χ3n) is 4.34. The van der Waals surface area contributed by atoms with Crippen LogP contribution in [0.1, 0.15) is 18.1 Å². The van der Waals surface area contributed by atoms with Gasteiger partial charge in [0.2, 0.25) is 0 Å². The van der Waals surface area contributed by atoms with Crippen LogP contribution < -0.4 is 14.8 Å². The third kappa shape index (κ3) is 6.36. The van der Waals surface area contributed by atoms with E-state index in [2.05, 4.69) is 21.2 Å². The van der Waals surface area contributed by atoms with Gasteiger partial charge in [0.25, 0.3) is 5.91 Å². The number of nitrogens with zero attached hydrogens (tertiary/aromatic N) is 1. The SMILES string of the molecule is CCOc1cc(/C=C(/C#N)C(=O)Nc2ccccc2)cc(Br)c1OCc1ccc(Cl)cc1. The molecule has 0 fully saturated rings. The van der Waals surface area contributed by atoms with Gasteiger partial charge in [-0.15, -0.1) is 0 Å². The summed E-state index contributed by atoms with van der Waals surface area (Å²) in [5.41, 5.74) is 2.16. The Bertz CT molecular complexity index is 1160. The van der Waals surface area contributed by atoms with Gasteiger partial charge in [0, 0.05) is 10.7 Å². The molecule has 0 radical (unpaired) electrons. The molecule has 0 atom stereocenters. The van der Waals surface area contributed by atoms with E-state index in [0.29, 0.717) is 45.5 Å². The Balaban J connectivity index is 1.84. The number of halogens is 2. The molecule has 0 aromatic heterocycles. The van der Waals surface area contributed by atoms with Gasteiger partial charge in [0.05, 0.1) is 11.1 Å². The molecule has 32 heavy (non-hydrogen) atoms. The van der Waals surface area contributed by atoms with Crippen molar-refractivity contribution >= 4 is 45.2 Å². The van der Waals surface area contributed by atoms with E-state index in [1.54, 1.807) is 48.5 Å². The van der Waals surface area contributed by atoms with Crippen molar-refractivity contribution in [3.63, 3.8) is 0 Å². The molecule has 3 aromatic rings. The number of amides is 1. The van der Waals surface area contributed by atoms with E-state index < -0.39 is 5.91 Å². The lowest BCUT2D eigenvalue weighted by Crippen LogP contribution is -2.13. The standard InChI is InChI=1S/C25H20BrClN2O3/c1-2-31-23-14-18(12-19(15-28)25(30)29-21-6-4-3-5-7-21)13-22(26)24(23)32-16-17-8-10-20(27)11-9-17/h3-14H,2,16H2,1H3,(H,29,30)/b19-12-. The highest BCUT2D eigenvalue weighted by molar-refractivity contribution is 9.10. The van der Waals surface area contributed by atoms with Crippen LogP contribution in [0, 0.1) is 11.3 Å². The van der Waals surface area contributed by atoms with Gasteiger partial charge in [0.15, 0.2) is 11.5 Å². The number of benzene rings is 3. The van der Waals surface area contributed by atoms with Crippen molar-refractivity contribution in [2.45, 2.75) is 13.5 Å². The van der Waals surface area contributed by atoms with Crippen molar-refractivity contribution in [1.82, 2.24) is 0 Å². The molecule has 1 N–H and O–H groups in total. The first-order valence-corrected chi connectivity index (χ1v) is 11.0. The second kappa shape index (κ2) is 11.4. The number of carbonyl (C=O) groups excluding carboxylic acids is 1. The second-order valence-electron chi connectivity index (χ2n) is 6.67. The zero-order chi connectivity index (χ0) is 22.9. The van der Waals surface area contributed by atoms with Gasteiger partial charge < -0.3 is 14.8 Å². The number of nitriles is 1. The number of para-hydroxylation sites is 1. The van der Waals surface area contributed by atoms with Crippen LogP contribution in [-0.2, 0) is 11.4 Å². The summed E-state index contributed by atoms with van der Waals surface area (Å²) in [7, 11) is 0. The van der Waals surface area contributed by atoms with Crippen molar-refractivity contribution in [2.24, 2.45) is 0 Å². The van der Waals surface area contributed by atoms with Crippen LogP contribution in [0.4, 0.5) is 5.69 Å². The highest BCUT2D eigenvalue weighted by Crippen LogP contribution is 2.38. The molecule has 0 bridgehead atoms. The molecule has 3 rings (SSSR count). The third-order valence-corrected chi connectivity index (χ3v) is 5.18. The van der Waals surface area contributed by atoms with Crippen LogP contribution in [-0.4, -0.2) is 12.5 Å². The molecule has 0 aliphatic heterocycles. The van der Waals surface area contributed by atoms with Crippen molar-refractivity contribution in [2.75, 3.05) is 11.9 Å². The normalized spacial score (nSPS) is 10.9. The van der Waals surface area contributed by atoms with Crippen LogP contribution in [0.15, 0.2) is 76.8 Å². The molecular formula is C25H20BrClN2O3. The van der Waals surface area contributed by atoms with Gasteiger partial charge in [-0.2, -0.15) is 5.26 Å². The van der Waals surface area contributed by atoms with Crippen molar-refractivity contribution in [3.8, 4) is 17.6 Å². The van der Waals surface area contributed by atoms with Gasteiger partial charge in [-0.25, -0.2) is 0 Å². The van der Waals surface area contributed by atoms with E-state index in [-0.39, 0.29) is 5.57 Å². The summed E-state index contributed by atoms with van der Waals surface area (Å²) in [6, 6.07) is 21.8. The van der Waals surface area contributed by atoms with Crippen LogP contribution in [0.25, 0.3) is 6.08 Å². The molecule has 5 nitrogen and oxygen atoms in total. The number of anilines is 1. The minimum absolute atomic E-state index is 0.0296. The molecule has 0 spiro atoms. The Morgan fingerprint density at radius 2 is 1.84 bits per heavy atom. The average molecular weight is 512 g/mol. The molecule has 162 valence electrons. The molecule has 7 heteroatoms. The molecule has 0 unspecified atom stereocenters. The van der Waals surface area contributed by atoms with Gasteiger partial charge in [0.1, 0.15) is 18.2 Å². The number of hydrogen-bond donors (Lipinski definition) is 1. The molecule has 0 aliphatic carbocycles. The Labute approximate surface area is 200 Å². The predicted molar refractivity (Wildman–Crippen MR) is 130 cm³/mol. The Morgan fingerprint density at radius 3 is 2.50 bits per heavy atom. The maximum absolute atomic E-state index is 12.5. The van der Waals surface area contributed by atoms with E-state index in [9.17, 15) is 10.1 Å². The number of rotatable bonds is 8. The highest BCUT2D eigenvalue weighted by atomic mass is 79.9. The molecule has 0 aliphatic rings. The topological polar surface area (TPSA) is 71.3 Å². The van der Waals surface area contributed by atoms with E-state index in [0.717, 1.165) is 5.56 Å². The first-order valence-electron chi connectivity index (χ1n) is 9.82. The van der Waals surface area contributed by atoms with E-state index in [1.807, 2.05) is 31.2 Å². The smallest absolute Gasteiger partial charge is 0.266 e. The lowest BCUT2D eigenvalue weighted by molar-refractivity contribution is -0.112. The van der Waals surface area contributed by atoms with Crippen molar-refractivity contribution in [3.05, 3.63) is 92.9 Å². The maximum atomic E-state index is 12.5. The fraction of sp³-hybridized carbons (Fsp3) is 0.120. The van der Waals surface area contributed by atoms with E-state index in [4.69, 9.17) is 21.1 Å². The molecule has 0 heterocycles. The van der Waals surface area contributed by atoms with Crippen LogP contribution in [0.2, 0.25) is 5.02 Å². The quantitative estimate of drug-likeness (QED) is 0.272. The minimum Gasteiger partial charge on any atom is -0.490 e. The first-order chi connectivity index (χ1) is 15.5.